The average Bonchev–Trinajstić information content (AvgIpc) is 3.58. The van der Waals surface area contributed by atoms with Gasteiger partial charge in [0, 0.05) is 22.0 Å². The van der Waals surface area contributed by atoms with Crippen LogP contribution in [0.2, 0.25) is 0 Å². The minimum atomic E-state index is -5.26. The van der Waals surface area contributed by atoms with E-state index < -0.39 is 54.2 Å². The number of ketones is 1. The second-order valence-corrected chi connectivity index (χ2v) is 10.4. The zero-order valence-electron chi connectivity index (χ0n) is 21.1. The Bertz CT molecular complexity index is 1080. The molecule has 0 bridgehead atoms. The summed E-state index contributed by atoms with van der Waals surface area (Å²) in [5, 5.41) is 11.7. The van der Waals surface area contributed by atoms with E-state index in [4.69, 9.17) is 20.6 Å². The molecular formula is C25H30F3N3O5S2. The molecule has 0 aliphatic heterocycles. The van der Waals surface area contributed by atoms with Gasteiger partial charge < -0.3 is 20.1 Å². The monoisotopic (exact) mass is 573 g/mol. The van der Waals surface area contributed by atoms with Crippen molar-refractivity contribution >= 4 is 46.0 Å². The van der Waals surface area contributed by atoms with Gasteiger partial charge >= 0.3 is 12.1 Å². The molecule has 2 aromatic rings. The molecule has 8 nitrogen and oxygen atoms in total. The number of hydrogen-bond donors (Lipinski definition) is 2. The third-order valence-electron chi connectivity index (χ3n) is 5.39. The van der Waals surface area contributed by atoms with Gasteiger partial charge in [0.25, 0.3) is 11.7 Å². The van der Waals surface area contributed by atoms with Crippen LogP contribution in [0.25, 0.3) is 0 Å². The number of halogens is 3. The number of rotatable bonds is 14. The highest BCUT2D eigenvalue weighted by Gasteiger charge is 2.45. The maximum Gasteiger partial charge on any atom is 0.490 e. The molecule has 0 aliphatic carbocycles. The smallest absolute Gasteiger partial charge is 0.488 e. The van der Waals surface area contributed by atoms with E-state index in [0.29, 0.717) is 16.2 Å². The minimum Gasteiger partial charge on any atom is -0.488 e. The van der Waals surface area contributed by atoms with Crippen molar-refractivity contribution in [1.82, 2.24) is 4.90 Å². The Morgan fingerprint density at radius 3 is 2.13 bits per heavy atom. The summed E-state index contributed by atoms with van der Waals surface area (Å²) >= 11 is 2.52. The van der Waals surface area contributed by atoms with Gasteiger partial charge in [0.15, 0.2) is 11.5 Å². The second kappa shape index (κ2) is 14.1. The summed E-state index contributed by atoms with van der Waals surface area (Å²) in [5.74, 6) is -5.72. The lowest BCUT2D eigenvalue weighted by Gasteiger charge is -2.34. The number of unbranched alkanes of at least 4 members (excludes halogenated alkanes) is 1. The van der Waals surface area contributed by atoms with E-state index in [1.54, 1.807) is 48.9 Å². The van der Waals surface area contributed by atoms with E-state index in [1.165, 1.54) is 22.7 Å². The van der Waals surface area contributed by atoms with Gasteiger partial charge in [-0.05, 0) is 43.2 Å². The summed E-state index contributed by atoms with van der Waals surface area (Å²) in [6, 6.07) is 6.15. The van der Waals surface area contributed by atoms with E-state index >= 15 is 0 Å². The number of carbonyl (C=O) groups excluding carboxylic acids is 3. The average molecular weight is 574 g/mol. The molecule has 3 N–H and O–H groups in total. The van der Waals surface area contributed by atoms with Gasteiger partial charge in [-0.25, -0.2) is 4.79 Å². The number of thiophene rings is 2. The molecule has 0 saturated carbocycles. The van der Waals surface area contributed by atoms with Crippen molar-refractivity contribution in [3.05, 3.63) is 56.7 Å². The zero-order chi connectivity index (χ0) is 28.5. The van der Waals surface area contributed by atoms with Crippen LogP contribution in [0.15, 0.2) is 47.0 Å². The fourth-order valence-electron chi connectivity index (χ4n) is 3.46. The second-order valence-electron chi connectivity index (χ2n) is 8.44. The lowest BCUT2D eigenvalue weighted by molar-refractivity contribution is -0.206. The van der Waals surface area contributed by atoms with E-state index in [9.17, 15) is 27.6 Å². The molecule has 0 radical (unpaired) electrons. The van der Waals surface area contributed by atoms with Crippen LogP contribution in [0.1, 0.15) is 49.3 Å². The molecule has 0 saturated heterocycles. The molecule has 0 fully saturated rings. The number of amides is 1. The zero-order valence-corrected chi connectivity index (χ0v) is 22.8. The number of esters is 1. The highest BCUT2D eigenvalue weighted by atomic mass is 32.1. The third kappa shape index (κ3) is 8.15. The first-order valence-electron chi connectivity index (χ1n) is 11.8. The molecule has 0 spiro atoms. The first-order chi connectivity index (χ1) is 17.9. The lowest BCUT2D eigenvalue weighted by atomic mass is 9.97. The Balaban J connectivity index is 2.42. The SMILES string of the molecule is CCCCO/C(=C/N)C(=O)C(=N)C(=O)N(CC(OC(=O)C(F)(F)F)C(c1cccs1)c1cccs1)C(C)C. The number of hydrogen-bond acceptors (Lipinski definition) is 9. The number of carbonyl (C=O) groups is 3. The maximum absolute atomic E-state index is 13.3. The van der Waals surface area contributed by atoms with Gasteiger partial charge in [-0.3, -0.25) is 15.0 Å². The highest BCUT2D eigenvalue weighted by molar-refractivity contribution is 7.11. The Kier molecular flexibility index (Phi) is 11.5. The first kappa shape index (κ1) is 31.0. The van der Waals surface area contributed by atoms with Gasteiger partial charge in [-0.1, -0.05) is 25.5 Å². The van der Waals surface area contributed by atoms with Crippen molar-refractivity contribution in [3.63, 3.8) is 0 Å². The van der Waals surface area contributed by atoms with Crippen LogP contribution >= 0.6 is 22.7 Å². The van der Waals surface area contributed by atoms with Crippen molar-refractivity contribution in [2.75, 3.05) is 13.2 Å². The van der Waals surface area contributed by atoms with Crippen LogP contribution < -0.4 is 5.73 Å². The van der Waals surface area contributed by atoms with Crippen LogP contribution in [0.3, 0.4) is 0 Å². The number of ether oxygens (including phenoxy) is 2. The lowest BCUT2D eigenvalue weighted by Crippen LogP contribution is -2.50. The van der Waals surface area contributed by atoms with Crippen LogP contribution in [0.4, 0.5) is 13.2 Å². The van der Waals surface area contributed by atoms with Crippen LogP contribution in [-0.4, -0.2) is 59.7 Å². The topological polar surface area (TPSA) is 123 Å². The van der Waals surface area contributed by atoms with Crippen LogP contribution in [0.5, 0.6) is 0 Å². The maximum atomic E-state index is 13.3. The van der Waals surface area contributed by atoms with E-state index in [1.807, 2.05) is 6.92 Å². The number of nitrogens with two attached hydrogens (primary N) is 1. The molecule has 0 aliphatic rings. The number of alkyl halides is 3. The third-order valence-corrected chi connectivity index (χ3v) is 7.30. The van der Waals surface area contributed by atoms with Gasteiger partial charge in [-0.2, -0.15) is 13.2 Å². The van der Waals surface area contributed by atoms with Crippen molar-refractivity contribution in [2.24, 2.45) is 5.73 Å². The summed E-state index contributed by atoms with van der Waals surface area (Å²) < 4.78 is 50.0. The number of allylic oxidation sites excluding steroid dienone is 1. The van der Waals surface area contributed by atoms with Gasteiger partial charge in [-0.15, -0.1) is 22.7 Å². The normalized spacial score (nSPS) is 12.9. The summed E-state index contributed by atoms with van der Waals surface area (Å²) in [7, 11) is 0. The highest BCUT2D eigenvalue weighted by Crippen LogP contribution is 2.37. The predicted molar refractivity (Wildman–Crippen MR) is 139 cm³/mol. The van der Waals surface area contributed by atoms with Gasteiger partial charge in [0.1, 0.15) is 6.10 Å². The van der Waals surface area contributed by atoms with E-state index in [0.717, 1.165) is 17.5 Å². The predicted octanol–water partition coefficient (Wildman–Crippen LogP) is 4.86. The number of nitrogens with one attached hydrogen (secondary N) is 1. The van der Waals surface area contributed by atoms with Crippen LogP contribution in [-0.2, 0) is 23.9 Å². The Morgan fingerprint density at radius 1 is 1.13 bits per heavy atom. The Labute approximate surface area is 226 Å². The minimum absolute atomic E-state index is 0.152. The molecule has 2 rings (SSSR count). The molecule has 0 aromatic carbocycles. The summed E-state index contributed by atoms with van der Waals surface area (Å²) in [6.45, 7) is 4.69. The van der Waals surface area contributed by atoms with Gasteiger partial charge in [0.2, 0.25) is 0 Å². The van der Waals surface area contributed by atoms with Crippen molar-refractivity contribution in [1.29, 1.82) is 5.41 Å². The van der Waals surface area contributed by atoms with E-state index in [2.05, 4.69) is 0 Å². The molecule has 13 heteroatoms. The summed E-state index contributed by atoms with van der Waals surface area (Å²) in [5.41, 5.74) is 4.49. The molecule has 2 aromatic heterocycles. The van der Waals surface area contributed by atoms with E-state index in [-0.39, 0.29) is 12.4 Å². The Hall–Kier alpha value is -3.19. The fourth-order valence-corrected chi connectivity index (χ4v) is 5.33. The van der Waals surface area contributed by atoms with Crippen LogP contribution in [0, 0.1) is 5.41 Å². The first-order valence-corrected chi connectivity index (χ1v) is 13.5. The molecule has 1 amide bonds. The molecule has 1 unspecified atom stereocenters. The summed E-state index contributed by atoms with van der Waals surface area (Å²) in [4.78, 5) is 40.3. The standard InChI is InChI=1S/C25H30F3N3O5S2/c1-4-5-10-35-16(13-29)22(32)21(30)23(33)31(15(2)3)14-17(36-24(34)25(26,27)28)20(18-8-6-11-37-18)19-9-7-12-38-19/h6-9,11-13,15,17,20,30H,4-5,10,14,29H2,1-3H3/b16-13+,30-21?. The molecule has 2 heterocycles. The van der Waals surface area contributed by atoms with Crippen molar-refractivity contribution in [2.45, 2.75) is 57.9 Å². The molecule has 208 valence electrons. The Morgan fingerprint density at radius 2 is 1.71 bits per heavy atom. The number of nitrogens with zero attached hydrogens (tertiary/aromatic N) is 1. The fraction of sp³-hybridized carbons (Fsp3) is 0.440. The van der Waals surface area contributed by atoms with Crippen molar-refractivity contribution < 1.29 is 37.0 Å². The molecule has 1 atom stereocenters. The molecule has 38 heavy (non-hydrogen) atoms. The summed E-state index contributed by atoms with van der Waals surface area (Å²) in [6.07, 6.45) is -4.49. The quantitative estimate of drug-likeness (QED) is 0.0831. The van der Waals surface area contributed by atoms with Gasteiger partial charge in [0.05, 0.1) is 19.1 Å². The molecular weight excluding hydrogens is 543 g/mol. The largest absolute Gasteiger partial charge is 0.490 e. The van der Waals surface area contributed by atoms with Crippen molar-refractivity contribution in [3.8, 4) is 0 Å². The number of Topliss-reactive ketones (excluding diaryl/α,β-unsaturated/α-hetero) is 1.